The lowest BCUT2D eigenvalue weighted by molar-refractivity contribution is -0.133. The molecular formula is C41H45N7O6. The number of hydrogen-bond donors (Lipinski definition) is 3. The second-order valence-corrected chi connectivity index (χ2v) is 15.4. The molecule has 0 saturated carbocycles. The maximum atomic E-state index is 13.7. The largest absolute Gasteiger partial charge is 0.488 e. The van der Waals surface area contributed by atoms with Crippen LogP contribution in [0.3, 0.4) is 0 Å². The topological polar surface area (TPSA) is 155 Å². The highest BCUT2D eigenvalue weighted by molar-refractivity contribution is 6.07. The van der Waals surface area contributed by atoms with Crippen LogP contribution in [0, 0.1) is 0 Å². The first kappa shape index (κ1) is 35.2. The Morgan fingerprint density at radius 3 is 2.48 bits per heavy atom. The fourth-order valence-corrected chi connectivity index (χ4v) is 7.93. The number of rotatable bonds is 6. The molecule has 2 saturated heterocycles. The summed E-state index contributed by atoms with van der Waals surface area (Å²) in [6, 6.07) is 13.3. The van der Waals surface area contributed by atoms with Crippen LogP contribution in [-0.2, 0) is 20.9 Å². The van der Waals surface area contributed by atoms with Crippen LogP contribution in [0.4, 0.5) is 9.59 Å². The number of aromatic nitrogens is 4. The third-order valence-corrected chi connectivity index (χ3v) is 10.5. The van der Waals surface area contributed by atoms with E-state index >= 15 is 0 Å². The van der Waals surface area contributed by atoms with E-state index in [0.29, 0.717) is 31.1 Å². The van der Waals surface area contributed by atoms with Gasteiger partial charge in [-0.25, -0.2) is 19.6 Å². The molecule has 0 radical (unpaired) electrons. The van der Waals surface area contributed by atoms with Gasteiger partial charge in [-0.15, -0.1) is 0 Å². The molecule has 54 heavy (non-hydrogen) atoms. The predicted octanol–water partition coefficient (Wildman–Crippen LogP) is 7.70. The van der Waals surface area contributed by atoms with Crippen LogP contribution in [-0.4, -0.2) is 79.7 Å². The molecule has 3 N–H and O–H groups in total. The summed E-state index contributed by atoms with van der Waals surface area (Å²) in [7, 11) is 1.27. The second-order valence-electron chi connectivity index (χ2n) is 15.4. The number of benzene rings is 3. The van der Waals surface area contributed by atoms with E-state index in [1.165, 1.54) is 7.11 Å². The van der Waals surface area contributed by atoms with Crippen LogP contribution in [0.15, 0.2) is 60.8 Å². The zero-order valence-electron chi connectivity index (χ0n) is 31.2. The Morgan fingerprint density at radius 2 is 1.74 bits per heavy atom. The molecule has 2 aromatic heterocycles. The fraction of sp³-hybridized carbons (Fsp3) is 0.390. The number of imidazole rings is 2. The molecule has 0 spiro atoms. The lowest BCUT2D eigenvalue weighted by Crippen LogP contribution is -2.49. The molecule has 3 amide bonds. The molecule has 5 heterocycles. The number of carbonyl (C=O) groups excluding carboxylic acids is 3. The van der Waals surface area contributed by atoms with Gasteiger partial charge in [0.15, 0.2) is 0 Å². The van der Waals surface area contributed by atoms with E-state index in [0.717, 1.165) is 87.0 Å². The number of methoxy groups -OCH3 is 1. The van der Waals surface area contributed by atoms with Crippen molar-refractivity contribution in [1.29, 1.82) is 0 Å². The van der Waals surface area contributed by atoms with E-state index in [2.05, 4.69) is 58.3 Å². The molecule has 2 fully saturated rings. The van der Waals surface area contributed by atoms with Crippen molar-refractivity contribution < 1.29 is 28.6 Å². The van der Waals surface area contributed by atoms with Crippen molar-refractivity contribution >= 4 is 39.9 Å². The summed E-state index contributed by atoms with van der Waals surface area (Å²) in [6.07, 6.45) is 4.10. The Kier molecular flexibility index (Phi) is 8.82. The van der Waals surface area contributed by atoms with E-state index in [1.54, 1.807) is 16.7 Å². The Hall–Kier alpha value is -5.85. The predicted molar refractivity (Wildman–Crippen MR) is 204 cm³/mol. The number of fused-ring (bicyclic) bond motifs is 6. The standard InChI is InChI=1S/C41H45N7O6/c1-22(2)34(46-39(50)52-6)38(49)47-15-7-10-32(47)37-43-29-14-12-23-18-28-26-13-11-24(17-25(26)21-53-33(28)19-27(23)35(29)45-37)30-20-42-36(44-30)31-9-8-16-48(31)40(51)54-41(3,4)5/h11-14,17-20,31-32,34H,1,7-10,15-16,21H2,2-6H3,(H,42,44)(H,43,45)(H,46,50)/t31-,32-,34-/m0/s1. The zero-order valence-corrected chi connectivity index (χ0v) is 31.2. The first-order valence-electron chi connectivity index (χ1n) is 18.5. The smallest absolute Gasteiger partial charge is 0.410 e. The lowest BCUT2D eigenvalue weighted by atomic mass is 9.92. The normalized spacial score (nSPS) is 18.6. The molecular weight excluding hydrogens is 686 g/mol. The Morgan fingerprint density at radius 1 is 0.981 bits per heavy atom. The van der Waals surface area contributed by atoms with Gasteiger partial charge in [0.05, 0.1) is 42.1 Å². The summed E-state index contributed by atoms with van der Waals surface area (Å²) >= 11 is 0. The minimum atomic E-state index is -0.892. The summed E-state index contributed by atoms with van der Waals surface area (Å²) in [6.45, 7) is 12.9. The number of H-pyrrole nitrogens is 2. The molecule has 3 aromatic carbocycles. The van der Waals surface area contributed by atoms with Gasteiger partial charge in [0.2, 0.25) is 5.91 Å². The quantitative estimate of drug-likeness (QED) is 0.150. The molecule has 280 valence electrons. The lowest BCUT2D eigenvalue weighted by Gasteiger charge is -2.28. The van der Waals surface area contributed by atoms with E-state index in [4.69, 9.17) is 24.2 Å². The third kappa shape index (κ3) is 6.41. The Bertz CT molecular complexity index is 2320. The first-order valence-corrected chi connectivity index (χ1v) is 18.5. The Labute approximate surface area is 313 Å². The highest BCUT2D eigenvalue weighted by Gasteiger charge is 2.37. The minimum absolute atomic E-state index is 0.157. The van der Waals surface area contributed by atoms with Crippen LogP contribution in [0.5, 0.6) is 5.75 Å². The molecule has 13 heteroatoms. The van der Waals surface area contributed by atoms with Gasteiger partial charge in [-0.05, 0) is 105 Å². The second kappa shape index (κ2) is 13.5. The highest BCUT2D eigenvalue weighted by atomic mass is 16.6. The van der Waals surface area contributed by atoms with Crippen molar-refractivity contribution in [3.05, 3.63) is 78.0 Å². The number of ether oxygens (including phenoxy) is 3. The van der Waals surface area contributed by atoms with Gasteiger partial charge in [-0.2, -0.15) is 0 Å². The van der Waals surface area contributed by atoms with Crippen LogP contribution >= 0.6 is 0 Å². The van der Waals surface area contributed by atoms with Crippen LogP contribution in [0.2, 0.25) is 0 Å². The maximum Gasteiger partial charge on any atom is 0.410 e. The molecule has 0 unspecified atom stereocenters. The number of amides is 3. The molecule has 13 nitrogen and oxygen atoms in total. The van der Waals surface area contributed by atoms with Gasteiger partial charge in [0.25, 0.3) is 0 Å². The van der Waals surface area contributed by atoms with E-state index in [1.807, 2.05) is 33.0 Å². The van der Waals surface area contributed by atoms with Gasteiger partial charge < -0.3 is 34.4 Å². The molecule has 5 aromatic rings. The number of aromatic amines is 2. The van der Waals surface area contributed by atoms with Crippen molar-refractivity contribution in [3.63, 3.8) is 0 Å². The van der Waals surface area contributed by atoms with E-state index in [-0.39, 0.29) is 24.1 Å². The summed E-state index contributed by atoms with van der Waals surface area (Å²) in [4.78, 5) is 58.8. The third-order valence-electron chi connectivity index (χ3n) is 10.5. The Balaban J connectivity index is 1.05. The number of alkyl carbamates (subject to hydrolysis) is 1. The average Bonchev–Trinajstić information content (AvgIpc) is 3.97. The maximum absolute atomic E-state index is 13.7. The van der Waals surface area contributed by atoms with Gasteiger partial charge in [0.1, 0.15) is 35.6 Å². The fourth-order valence-electron chi connectivity index (χ4n) is 7.93. The van der Waals surface area contributed by atoms with Crippen molar-refractivity contribution in [1.82, 2.24) is 35.1 Å². The number of hydrogen-bond acceptors (Lipinski definition) is 8. The summed E-state index contributed by atoms with van der Waals surface area (Å²) in [5.41, 5.74) is 6.67. The average molecular weight is 732 g/mol. The minimum Gasteiger partial charge on any atom is -0.488 e. The summed E-state index contributed by atoms with van der Waals surface area (Å²) in [5, 5.41) is 4.59. The van der Waals surface area contributed by atoms with Gasteiger partial charge in [-0.3, -0.25) is 9.69 Å². The molecule has 3 atom stereocenters. The molecule has 3 aliphatic rings. The van der Waals surface area contributed by atoms with Crippen molar-refractivity contribution in [2.75, 3.05) is 20.2 Å². The first-order chi connectivity index (χ1) is 25.9. The summed E-state index contributed by atoms with van der Waals surface area (Å²) < 4.78 is 16.8. The van der Waals surface area contributed by atoms with Crippen molar-refractivity contribution in [2.45, 2.75) is 83.7 Å². The SMILES string of the molecule is C=C(C)[C@H](NC(=O)OC)C(=O)N1CCC[C@H]1c1nc2c(ccc3cc4c(cc32)OCc2cc(-c3cnc([C@@H]5CCCN5C(=O)OC(C)(C)C)[nH]3)ccc2-4)[nH]1. The summed E-state index contributed by atoms with van der Waals surface area (Å²) in [5.74, 6) is 2.00. The molecule has 0 bridgehead atoms. The van der Waals surface area contributed by atoms with Crippen molar-refractivity contribution in [3.8, 4) is 28.1 Å². The van der Waals surface area contributed by atoms with E-state index < -0.39 is 17.7 Å². The van der Waals surface area contributed by atoms with Crippen LogP contribution in [0.1, 0.15) is 82.7 Å². The van der Waals surface area contributed by atoms with Crippen LogP contribution < -0.4 is 10.1 Å². The zero-order chi connectivity index (χ0) is 37.9. The van der Waals surface area contributed by atoms with E-state index in [9.17, 15) is 14.4 Å². The molecule has 8 rings (SSSR count). The van der Waals surface area contributed by atoms with Gasteiger partial charge in [0, 0.05) is 24.0 Å². The van der Waals surface area contributed by atoms with Gasteiger partial charge in [-0.1, -0.05) is 24.8 Å². The van der Waals surface area contributed by atoms with Crippen LogP contribution in [0.25, 0.3) is 44.2 Å². The number of nitrogens with one attached hydrogen (secondary N) is 3. The van der Waals surface area contributed by atoms with Gasteiger partial charge >= 0.3 is 12.2 Å². The monoisotopic (exact) mass is 731 g/mol. The highest BCUT2D eigenvalue weighted by Crippen LogP contribution is 2.43. The number of nitrogens with zero attached hydrogens (tertiary/aromatic N) is 4. The number of likely N-dealkylation sites (tertiary alicyclic amines) is 2. The van der Waals surface area contributed by atoms with Crippen molar-refractivity contribution in [2.24, 2.45) is 0 Å². The molecule has 3 aliphatic heterocycles. The number of carbonyl (C=O) groups is 3. The molecule has 0 aliphatic carbocycles.